The Morgan fingerprint density at radius 2 is 2.16 bits per heavy atom. The lowest BCUT2D eigenvalue weighted by molar-refractivity contribution is 0.294. The molecule has 3 nitrogen and oxygen atoms in total. The molecular formula is C15H20N2OS. The predicted molar refractivity (Wildman–Crippen MR) is 81.5 cm³/mol. The zero-order valence-electron chi connectivity index (χ0n) is 11.3. The zero-order valence-corrected chi connectivity index (χ0v) is 12.1. The van der Waals surface area contributed by atoms with Gasteiger partial charge in [-0.2, -0.15) is 11.8 Å². The van der Waals surface area contributed by atoms with E-state index in [1.807, 2.05) is 17.8 Å². The Kier molecular flexibility index (Phi) is 5.59. The summed E-state index contributed by atoms with van der Waals surface area (Å²) in [7, 11) is 1.67. The van der Waals surface area contributed by atoms with Crippen molar-refractivity contribution < 1.29 is 4.74 Å². The number of methoxy groups -OCH3 is 1. The van der Waals surface area contributed by atoms with Gasteiger partial charge in [-0.15, -0.1) is 0 Å². The van der Waals surface area contributed by atoms with Gasteiger partial charge in [0.2, 0.25) is 0 Å². The average Bonchev–Trinajstić information content (AvgIpc) is 2.46. The first-order chi connectivity index (χ1) is 9.33. The average molecular weight is 276 g/mol. The van der Waals surface area contributed by atoms with E-state index in [0.29, 0.717) is 6.54 Å². The van der Waals surface area contributed by atoms with Gasteiger partial charge in [0.15, 0.2) is 0 Å². The molecule has 0 aromatic heterocycles. The van der Waals surface area contributed by atoms with Gasteiger partial charge in [0, 0.05) is 31.1 Å². The van der Waals surface area contributed by atoms with E-state index >= 15 is 0 Å². The lowest BCUT2D eigenvalue weighted by atomic mass is 10.1. The summed E-state index contributed by atoms with van der Waals surface area (Å²) in [4.78, 5) is 2.48. The maximum atomic E-state index is 5.43. The molecule has 1 aliphatic rings. The third-order valence-corrected chi connectivity index (χ3v) is 4.04. The lowest BCUT2D eigenvalue weighted by Crippen LogP contribution is -2.31. The highest BCUT2D eigenvalue weighted by Gasteiger charge is 2.11. The summed E-state index contributed by atoms with van der Waals surface area (Å²) in [5.41, 5.74) is 7.64. The number of hydrogen-bond acceptors (Lipinski definition) is 4. The number of nitrogens with two attached hydrogens (primary N) is 1. The lowest BCUT2D eigenvalue weighted by Gasteiger charge is -2.26. The summed E-state index contributed by atoms with van der Waals surface area (Å²) in [5, 5.41) is 0. The van der Waals surface area contributed by atoms with E-state index in [1.54, 1.807) is 7.11 Å². The SMILES string of the molecule is COc1ccc(CN2CCSCC2)cc1C#CCN. The fourth-order valence-corrected chi connectivity index (χ4v) is 3.09. The normalized spacial score (nSPS) is 15.7. The van der Waals surface area contributed by atoms with E-state index in [4.69, 9.17) is 10.5 Å². The summed E-state index contributed by atoms with van der Waals surface area (Å²) >= 11 is 2.03. The number of hydrogen-bond donors (Lipinski definition) is 1. The van der Waals surface area contributed by atoms with Crippen LogP contribution in [0.3, 0.4) is 0 Å². The summed E-state index contributed by atoms with van der Waals surface area (Å²) in [5.74, 6) is 9.25. The molecule has 1 fully saturated rings. The highest BCUT2D eigenvalue weighted by molar-refractivity contribution is 7.99. The monoisotopic (exact) mass is 276 g/mol. The predicted octanol–water partition coefficient (Wildman–Crippen LogP) is 1.55. The van der Waals surface area contributed by atoms with Crippen LogP contribution in [0.25, 0.3) is 0 Å². The molecule has 0 saturated carbocycles. The number of rotatable bonds is 3. The molecule has 0 bridgehead atoms. The van der Waals surface area contributed by atoms with E-state index in [2.05, 4.69) is 28.9 Å². The second-order valence-electron chi connectivity index (χ2n) is 4.43. The Morgan fingerprint density at radius 3 is 2.84 bits per heavy atom. The quantitative estimate of drug-likeness (QED) is 0.850. The van der Waals surface area contributed by atoms with Crippen molar-refractivity contribution >= 4 is 11.8 Å². The summed E-state index contributed by atoms with van der Waals surface area (Å²) in [6.45, 7) is 3.69. The summed E-state index contributed by atoms with van der Waals surface area (Å²) in [6, 6.07) is 6.23. The second-order valence-corrected chi connectivity index (χ2v) is 5.65. The topological polar surface area (TPSA) is 38.5 Å². The van der Waals surface area contributed by atoms with Gasteiger partial charge in [-0.25, -0.2) is 0 Å². The van der Waals surface area contributed by atoms with Gasteiger partial charge in [0.25, 0.3) is 0 Å². The second kappa shape index (κ2) is 7.44. The zero-order chi connectivity index (χ0) is 13.5. The number of ether oxygens (including phenoxy) is 1. The maximum absolute atomic E-state index is 5.43. The van der Waals surface area contributed by atoms with Crippen LogP contribution >= 0.6 is 11.8 Å². The largest absolute Gasteiger partial charge is 0.495 e. The number of thioether (sulfide) groups is 1. The molecule has 102 valence electrons. The molecule has 0 radical (unpaired) electrons. The molecule has 0 atom stereocenters. The first kappa shape index (κ1) is 14.3. The molecule has 1 saturated heterocycles. The van der Waals surface area contributed by atoms with Crippen molar-refractivity contribution in [1.82, 2.24) is 4.90 Å². The summed E-state index contributed by atoms with van der Waals surface area (Å²) < 4.78 is 5.33. The molecule has 4 heteroatoms. The molecule has 0 amide bonds. The third kappa shape index (κ3) is 4.17. The van der Waals surface area contributed by atoms with Crippen LogP contribution < -0.4 is 10.5 Å². The maximum Gasteiger partial charge on any atom is 0.134 e. The highest BCUT2D eigenvalue weighted by Crippen LogP contribution is 2.20. The van der Waals surface area contributed by atoms with Crippen LogP contribution in [0, 0.1) is 11.8 Å². The van der Waals surface area contributed by atoms with Crippen molar-refractivity contribution in [3.05, 3.63) is 29.3 Å². The first-order valence-corrected chi connectivity index (χ1v) is 7.65. The molecule has 0 aliphatic carbocycles. The Balaban J connectivity index is 2.12. The molecule has 19 heavy (non-hydrogen) atoms. The van der Waals surface area contributed by atoms with E-state index in [1.165, 1.54) is 30.2 Å². The van der Waals surface area contributed by atoms with Crippen molar-refractivity contribution in [2.45, 2.75) is 6.54 Å². The van der Waals surface area contributed by atoms with Crippen molar-refractivity contribution in [2.24, 2.45) is 5.73 Å². The van der Waals surface area contributed by atoms with Gasteiger partial charge in [0.1, 0.15) is 5.75 Å². The van der Waals surface area contributed by atoms with Crippen LogP contribution in [0.1, 0.15) is 11.1 Å². The van der Waals surface area contributed by atoms with Crippen molar-refractivity contribution in [3.63, 3.8) is 0 Å². The highest BCUT2D eigenvalue weighted by atomic mass is 32.2. The molecule has 2 rings (SSSR count). The van der Waals surface area contributed by atoms with Crippen LogP contribution in [-0.2, 0) is 6.54 Å². The van der Waals surface area contributed by atoms with Crippen molar-refractivity contribution in [2.75, 3.05) is 38.2 Å². The Labute approximate surface area is 119 Å². The van der Waals surface area contributed by atoms with Crippen LogP contribution in [-0.4, -0.2) is 43.1 Å². The first-order valence-electron chi connectivity index (χ1n) is 6.49. The molecule has 1 aliphatic heterocycles. The van der Waals surface area contributed by atoms with Crippen molar-refractivity contribution in [3.8, 4) is 17.6 Å². The van der Waals surface area contributed by atoms with Gasteiger partial charge in [-0.1, -0.05) is 17.9 Å². The molecule has 0 unspecified atom stereocenters. The smallest absolute Gasteiger partial charge is 0.134 e. The molecular weight excluding hydrogens is 256 g/mol. The Morgan fingerprint density at radius 1 is 1.37 bits per heavy atom. The van der Waals surface area contributed by atoms with Crippen LogP contribution in [0.15, 0.2) is 18.2 Å². The van der Waals surface area contributed by atoms with Gasteiger partial charge in [-0.05, 0) is 17.7 Å². The van der Waals surface area contributed by atoms with E-state index in [-0.39, 0.29) is 0 Å². The third-order valence-electron chi connectivity index (χ3n) is 3.10. The standard InChI is InChI=1S/C15H20N2OS/c1-18-15-5-4-13(11-14(15)3-2-6-16)12-17-7-9-19-10-8-17/h4-5,11H,6-10,12,16H2,1H3. The van der Waals surface area contributed by atoms with Gasteiger partial charge < -0.3 is 10.5 Å². The minimum atomic E-state index is 0.372. The molecule has 0 spiro atoms. The number of nitrogens with zero attached hydrogens (tertiary/aromatic N) is 1. The van der Waals surface area contributed by atoms with Crippen LogP contribution in [0.5, 0.6) is 5.75 Å². The van der Waals surface area contributed by atoms with Gasteiger partial charge in [-0.3, -0.25) is 4.90 Å². The minimum absolute atomic E-state index is 0.372. The van der Waals surface area contributed by atoms with E-state index in [9.17, 15) is 0 Å². The van der Waals surface area contributed by atoms with E-state index in [0.717, 1.165) is 17.9 Å². The Bertz CT molecular complexity index is 473. The minimum Gasteiger partial charge on any atom is -0.495 e. The molecule has 1 aromatic carbocycles. The number of benzene rings is 1. The van der Waals surface area contributed by atoms with Gasteiger partial charge in [0.05, 0.1) is 19.2 Å². The Hall–Kier alpha value is -1.15. The van der Waals surface area contributed by atoms with E-state index < -0.39 is 0 Å². The summed E-state index contributed by atoms with van der Waals surface area (Å²) in [6.07, 6.45) is 0. The molecule has 1 aromatic rings. The van der Waals surface area contributed by atoms with Crippen LogP contribution in [0.4, 0.5) is 0 Å². The van der Waals surface area contributed by atoms with Crippen molar-refractivity contribution in [1.29, 1.82) is 0 Å². The molecule has 1 heterocycles. The van der Waals surface area contributed by atoms with Gasteiger partial charge >= 0.3 is 0 Å². The molecule has 2 N–H and O–H groups in total. The fraction of sp³-hybridized carbons (Fsp3) is 0.467. The fourth-order valence-electron chi connectivity index (χ4n) is 2.11. The van der Waals surface area contributed by atoms with Crippen LogP contribution in [0.2, 0.25) is 0 Å².